The number of nitriles is 1. The molecule has 1 heterocycles. The molecule has 5 nitrogen and oxygen atoms in total. The molecule has 118 valence electrons. The fraction of sp³-hybridized carbons (Fsp3) is 0.235. The molecule has 0 spiro atoms. The van der Waals surface area contributed by atoms with Crippen LogP contribution in [0.15, 0.2) is 29.1 Å². The van der Waals surface area contributed by atoms with Crippen LogP contribution in [0.4, 0.5) is 5.69 Å². The van der Waals surface area contributed by atoms with Gasteiger partial charge in [-0.25, -0.2) is 0 Å². The van der Waals surface area contributed by atoms with Crippen LogP contribution in [0, 0.1) is 25.2 Å². The van der Waals surface area contributed by atoms with Crippen LogP contribution in [0.1, 0.15) is 28.8 Å². The predicted octanol–water partition coefficient (Wildman–Crippen LogP) is 3.09. The number of aryl methyl sites for hydroxylation is 1. The number of carbonyl (C=O) groups excluding carboxylic acids is 1. The second-order valence-electron chi connectivity index (χ2n) is 5.22. The largest absolute Gasteiger partial charge is 0.326 e. The number of benzene rings is 1. The third-order valence-electron chi connectivity index (χ3n) is 3.65. The maximum atomic E-state index is 12.0. The summed E-state index contributed by atoms with van der Waals surface area (Å²) in [5.41, 5.74) is 2.53. The zero-order chi connectivity index (χ0) is 17.0. The number of hydrogen-bond donors (Lipinski definition) is 2. The molecular weight excluding hydrogens is 314 g/mol. The average Bonchev–Trinajstić information content (AvgIpc) is 2.49. The van der Waals surface area contributed by atoms with Crippen LogP contribution in [0.5, 0.6) is 0 Å². The summed E-state index contributed by atoms with van der Waals surface area (Å²) < 4.78 is 0. The summed E-state index contributed by atoms with van der Waals surface area (Å²) in [4.78, 5) is 26.4. The number of pyridine rings is 1. The average molecular weight is 330 g/mol. The highest BCUT2D eigenvalue weighted by Gasteiger charge is 2.13. The third-order valence-corrected chi connectivity index (χ3v) is 3.90. The first-order chi connectivity index (χ1) is 10.9. The summed E-state index contributed by atoms with van der Waals surface area (Å²) >= 11 is 5.80. The Morgan fingerprint density at radius 1 is 1.30 bits per heavy atom. The highest BCUT2D eigenvalue weighted by atomic mass is 35.5. The van der Waals surface area contributed by atoms with Crippen molar-refractivity contribution in [3.05, 3.63) is 62.0 Å². The minimum atomic E-state index is -0.392. The van der Waals surface area contributed by atoms with E-state index in [1.165, 1.54) is 0 Å². The van der Waals surface area contributed by atoms with Gasteiger partial charge in [-0.15, -0.1) is 0 Å². The van der Waals surface area contributed by atoms with Gasteiger partial charge >= 0.3 is 0 Å². The summed E-state index contributed by atoms with van der Waals surface area (Å²) in [7, 11) is 0. The molecule has 0 fully saturated rings. The zero-order valence-corrected chi connectivity index (χ0v) is 13.6. The van der Waals surface area contributed by atoms with Crippen LogP contribution in [-0.2, 0) is 11.2 Å². The van der Waals surface area contributed by atoms with Gasteiger partial charge in [-0.3, -0.25) is 9.59 Å². The molecule has 0 aliphatic heterocycles. The van der Waals surface area contributed by atoms with Crippen molar-refractivity contribution in [2.75, 3.05) is 5.32 Å². The van der Waals surface area contributed by atoms with Crippen molar-refractivity contribution < 1.29 is 4.79 Å². The Hall–Kier alpha value is -2.58. The van der Waals surface area contributed by atoms with Crippen molar-refractivity contribution in [1.29, 1.82) is 5.26 Å². The number of nitrogens with zero attached hydrogens (tertiary/aromatic N) is 1. The number of amides is 1. The van der Waals surface area contributed by atoms with Crippen molar-refractivity contribution in [2.24, 2.45) is 0 Å². The number of anilines is 1. The lowest BCUT2D eigenvalue weighted by Crippen LogP contribution is -2.18. The van der Waals surface area contributed by atoms with E-state index in [4.69, 9.17) is 16.9 Å². The van der Waals surface area contributed by atoms with E-state index in [9.17, 15) is 9.59 Å². The lowest BCUT2D eigenvalue weighted by Gasteiger charge is -2.11. The first-order valence-corrected chi connectivity index (χ1v) is 7.48. The van der Waals surface area contributed by atoms with Crippen LogP contribution in [0.25, 0.3) is 0 Å². The molecule has 6 heteroatoms. The van der Waals surface area contributed by atoms with Crippen molar-refractivity contribution >= 4 is 23.2 Å². The fourth-order valence-corrected chi connectivity index (χ4v) is 2.54. The topological polar surface area (TPSA) is 85.8 Å². The van der Waals surface area contributed by atoms with Gasteiger partial charge in [0.15, 0.2) is 0 Å². The molecule has 23 heavy (non-hydrogen) atoms. The molecule has 0 atom stereocenters. The van der Waals surface area contributed by atoms with Gasteiger partial charge in [0.1, 0.15) is 11.6 Å². The zero-order valence-electron chi connectivity index (χ0n) is 12.9. The molecule has 2 N–H and O–H groups in total. The number of halogens is 1. The Labute approximate surface area is 138 Å². The van der Waals surface area contributed by atoms with Gasteiger partial charge in [0.25, 0.3) is 5.56 Å². The van der Waals surface area contributed by atoms with Crippen LogP contribution >= 0.6 is 11.6 Å². The second kappa shape index (κ2) is 7.12. The first-order valence-electron chi connectivity index (χ1n) is 7.10. The number of H-pyrrole nitrogens is 1. The monoisotopic (exact) mass is 329 g/mol. The standard InChI is InChI=1S/C17H16ClN3O2/c1-10-14(11(2)20-17(23)15(10)9-19)7-8-16(22)21-13-5-3-12(18)4-6-13/h3-6H,7-8H2,1-2H3,(H,20,23)(H,21,22). The Morgan fingerprint density at radius 2 is 1.96 bits per heavy atom. The lowest BCUT2D eigenvalue weighted by atomic mass is 9.99. The van der Waals surface area contributed by atoms with Crippen molar-refractivity contribution in [3.63, 3.8) is 0 Å². The van der Waals surface area contributed by atoms with Gasteiger partial charge in [-0.05, 0) is 55.7 Å². The third kappa shape index (κ3) is 3.99. The van der Waals surface area contributed by atoms with E-state index in [1.807, 2.05) is 6.07 Å². The van der Waals surface area contributed by atoms with E-state index in [0.29, 0.717) is 28.4 Å². The minimum Gasteiger partial charge on any atom is -0.326 e. The van der Waals surface area contributed by atoms with Gasteiger partial charge in [0.2, 0.25) is 5.91 Å². The lowest BCUT2D eigenvalue weighted by molar-refractivity contribution is -0.116. The number of aromatic nitrogens is 1. The molecule has 0 aliphatic rings. The van der Waals surface area contributed by atoms with Crippen molar-refractivity contribution in [2.45, 2.75) is 26.7 Å². The molecule has 0 radical (unpaired) electrons. The number of rotatable bonds is 4. The molecule has 0 aliphatic carbocycles. The van der Waals surface area contributed by atoms with E-state index in [2.05, 4.69) is 10.3 Å². The Morgan fingerprint density at radius 3 is 2.57 bits per heavy atom. The molecule has 0 saturated carbocycles. The van der Waals surface area contributed by atoms with E-state index in [1.54, 1.807) is 38.1 Å². The maximum Gasteiger partial charge on any atom is 0.266 e. The molecule has 1 amide bonds. The highest BCUT2D eigenvalue weighted by molar-refractivity contribution is 6.30. The van der Waals surface area contributed by atoms with Gasteiger partial charge in [-0.1, -0.05) is 11.6 Å². The first kappa shape index (κ1) is 16.8. The SMILES string of the molecule is Cc1[nH]c(=O)c(C#N)c(C)c1CCC(=O)Nc1ccc(Cl)cc1. The number of aromatic amines is 1. The summed E-state index contributed by atoms with van der Waals surface area (Å²) in [5, 5.41) is 12.4. The number of nitrogens with one attached hydrogen (secondary N) is 2. The van der Waals surface area contributed by atoms with E-state index >= 15 is 0 Å². The van der Waals surface area contributed by atoms with E-state index in [-0.39, 0.29) is 17.9 Å². The molecule has 0 saturated heterocycles. The predicted molar refractivity (Wildman–Crippen MR) is 89.7 cm³/mol. The van der Waals surface area contributed by atoms with Crippen LogP contribution < -0.4 is 10.9 Å². The summed E-state index contributed by atoms with van der Waals surface area (Å²) in [6, 6.07) is 8.76. The summed E-state index contributed by atoms with van der Waals surface area (Å²) in [5.74, 6) is -0.143. The maximum absolute atomic E-state index is 12.0. The van der Waals surface area contributed by atoms with Crippen LogP contribution in [-0.4, -0.2) is 10.9 Å². The molecule has 1 aromatic carbocycles. The molecule has 1 aromatic heterocycles. The van der Waals surface area contributed by atoms with Crippen LogP contribution in [0.2, 0.25) is 5.02 Å². The quantitative estimate of drug-likeness (QED) is 0.903. The Kier molecular flexibility index (Phi) is 5.20. The van der Waals surface area contributed by atoms with Crippen molar-refractivity contribution in [1.82, 2.24) is 4.98 Å². The highest BCUT2D eigenvalue weighted by Crippen LogP contribution is 2.16. The summed E-state index contributed by atoms with van der Waals surface area (Å²) in [6.07, 6.45) is 0.698. The van der Waals surface area contributed by atoms with Crippen molar-refractivity contribution in [3.8, 4) is 6.07 Å². The Balaban J connectivity index is 2.09. The molecule has 2 rings (SSSR count). The number of carbonyl (C=O) groups is 1. The molecule has 2 aromatic rings. The number of hydrogen-bond acceptors (Lipinski definition) is 3. The molecular formula is C17H16ClN3O2. The molecule has 0 bridgehead atoms. The summed E-state index contributed by atoms with van der Waals surface area (Å²) in [6.45, 7) is 3.50. The Bertz CT molecular complexity index is 833. The van der Waals surface area contributed by atoms with Gasteiger partial charge < -0.3 is 10.3 Å². The van der Waals surface area contributed by atoms with E-state index < -0.39 is 5.56 Å². The second-order valence-corrected chi connectivity index (χ2v) is 5.66. The van der Waals surface area contributed by atoms with Gasteiger partial charge in [-0.2, -0.15) is 5.26 Å². The molecule has 0 unspecified atom stereocenters. The van der Waals surface area contributed by atoms with Gasteiger partial charge in [0, 0.05) is 22.8 Å². The minimum absolute atomic E-state index is 0.101. The van der Waals surface area contributed by atoms with Crippen LogP contribution in [0.3, 0.4) is 0 Å². The smallest absolute Gasteiger partial charge is 0.266 e. The fourth-order valence-electron chi connectivity index (χ4n) is 2.42. The van der Waals surface area contributed by atoms with E-state index in [0.717, 1.165) is 5.56 Å². The normalized spacial score (nSPS) is 10.2. The van der Waals surface area contributed by atoms with Gasteiger partial charge in [0.05, 0.1) is 0 Å².